The van der Waals surface area contributed by atoms with Gasteiger partial charge in [0.1, 0.15) is 0 Å². The van der Waals surface area contributed by atoms with Gasteiger partial charge < -0.3 is 0 Å². The van der Waals surface area contributed by atoms with Crippen LogP contribution in [0.15, 0.2) is 24.3 Å². The molecule has 1 aliphatic rings. The van der Waals surface area contributed by atoms with Gasteiger partial charge in [-0.2, -0.15) is 13.2 Å². The zero-order valence-electron chi connectivity index (χ0n) is 9.64. The topological polar surface area (TPSA) is 17.1 Å². The van der Waals surface area contributed by atoms with Gasteiger partial charge in [0.05, 0.1) is 5.56 Å². The Bertz CT molecular complexity index is 443. The number of carbonyl (C=O) groups is 1. The van der Waals surface area contributed by atoms with Crippen LogP contribution in [0.4, 0.5) is 13.2 Å². The largest absolute Gasteiger partial charge is 0.416 e. The second kappa shape index (κ2) is 3.59. The quantitative estimate of drug-likeness (QED) is 0.718. The van der Waals surface area contributed by atoms with Gasteiger partial charge in [-0.1, -0.05) is 26.0 Å². The Morgan fingerprint density at radius 2 is 1.71 bits per heavy atom. The zero-order valence-corrected chi connectivity index (χ0v) is 9.64. The minimum Gasteiger partial charge on any atom is -0.294 e. The highest BCUT2D eigenvalue weighted by molar-refractivity contribution is 6.00. The molecule has 1 aromatic carbocycles. The predicted molar refractivity (Wildman–Crippen MR) is 57.7 cm³/mol. The minimum absolute atomic E-state index is 0.000216. The number of benzene rings is 1. The number of alkyl halides is 3. The van der Waals surface area contributed by atoms with Gasteiger partial charge in [-0.15, -0.1) is 0 Å². The molecule has 0 radical (unpaired) electrons. The lowest BCUT2D eigenvalue weighted by molar-refractivity contribution is -0.137. The van der Waals surface area contributed by atoms with Crippen LogP contribution in [-0.4, -0.2) is 5.78 Å². The van der Waals surface area contributed by atoms with Gasteiger partial charge in [0.2, 0.25) is 0 Å². The van der Waals surface area contributed by atoms with Crippen LogP contribution in [0.5, 0.6) is 0 Å². The van der Waals surface area contributed by atoms with Gasteiger partial charge in [0.15, 0.2) is 5.78 Å². The smallest absolute Gasteiger partial charge is 0.294 e. The van der Waals surface area contributed by atoms with Gasteiger partial charge in [-0.05, 0) is 24.0 Å². The molecule has 1 aromatic rings. The first-order chi connectivity index (χ1) is 7.72. The van der Waals surface area contributed by atoms with Crippen molar-refractivity contribution in [2.75, 3.05) is 0 Å². The van der Waals surface area contributed by atoms with Crippen LogP contribution in [-0.2, 0) is 6.18 Å². The van der Waals surface area contributed by atoms with E-state index in [1.807, 2.05) is 13.8 Å². The fourth-order valence-corrected chi connectivity index (χ4v) is 1.94. The number of rotatable bonds is 2. The number of Topliss-reactive ketones (excluding diaryl/α,β-unsaturated/α-hetero) is 1. The van der Waals surface area contributed by atoms with E-state index in [2.05, 4.69) is 0 Å². The molecule has 1 aliphatic carbocycles. The summed E-state index contributed by atoms with van der Waals surface area (Å²) in [5.74, 6) is -0.0945. The van der Waals surface area contributed by atoms with Crippen LogP contribution >= 0.6 is 0 Å². The lowest BCUT2D eigenvalue weighted by Crippen LogP contribution is -2.08. The average molecular weight is 242 g/mol. The summed E-state index contributed by atoms with van der Waals surface area (Å²) >= 11 is 0. The molecule has 1 unspecified atom stereocenters. The minimum atomic E-state index is -4.35. The van der Waals surface area contributed by atoms with Crippen molar-refractivity contribution in [2.45, 2.75) is 26.4 Å². The van der Waals surface area contributed by atoms with Crippen LogP contribution in [0.3, 0.4) is 0 Å². The van der Waals surface area contributed by atoms with Crippen LogP contribution in [0.1, 0.15) is 36.2 Å². The van der Waals surface area contributed by atoms with E-state index in [1.54, 1.807) is 0 Å². The number of ketones is 1. The Hall–Kier alpha value is -1.32. The Labute approximate surface area is 97.6 Å². The van der Waals surface area contributed by atoms with Crippen LogP contribution in [0, 0.1) is 11.3 Å². The summed E-state index contributed by atoms with van der Waals surface area (Å²) in [5, 5.41) is 0. The van der Waals surface area contributed by atoms with E-state index in [0.29, 0.717) is 5.56 Å². The van der Waals surface area contributed by atoms with Gasteiger partial charge in [-0.25, -0.2) is 0 Å². The van der Waals surface area contributed by atoms with Crippen molar-refractivity contribution < 1.29 is 18.0 Å². The maximum absolute atomic E-state index is 12.3. The summed E-state index contributed by atoms with van der Waals surface area (Å²) < 4.78 is 37.0. The SMILES string of the molecule is CC1(C)CC1C(=O)c1ccc(C(F)(F)F)cc1. The third-order valence-electron chi connectivity index (χ3n) is 3.33. The summed E-state index contributed by atoms with van der Waals surface area (Å²) in [6, 6.07) is 4.45. The molecule has 0 bridgehead atoms. The highest BCUT2D eigenvalue weighted by Crippen LogP contribution is 2.53. The lowest BCUT2D eigenvalue weighted by atomic mass is 10.0. The Morgan fingerprint density at radius 1 is 1.24 bits per heavy atom. The van der Waals surface area contributed by atoms with Gasteiger partial charge in [0, 0.05) is 11.5 Å². The first-order valence-corrected chi connectivity index (χ1v) is 5.43. The summed E-state index contributed by atoms with van der Waals surface area (Å²) in [6.07, 6.45) is -3.53. The van der Waals surface area contributed by atoms with Crippen LogP contribution in [0.25, 0.3) is 0 Å². The van der Waals surface area contributed by atoms with Crippen molar-refractivity contribution in [1.29, 1.82) is 0 Å². The van der Waals surface area contributed by atoms with Crippen molar-refractivity contribution >= 4 is 5.78 Å². The molecule has 1 atom stereocenters. The molecule has 1 fully saturated rings. The summed E-state index contributed by atoms with van der Waals surface area (Å²) in [5.41, 5.74) is -0.350. The highest BCUT2D eigenvalue weighted by atomic mass is 19.4. The number of hydrogen-bond donors (Lipinski definition) is 0. The second-order valence-corrected chi connectivity index (χ2v) is 5.18. The summed E-state index contributed by atoms with van der Waals surface area (Å²) in [4.78, 5) is 11.9. The van der Waals surface area contributed by atoms with E-state index in [-0.39, 0.29) is 17.1 Å². The van der Waals surface area contributed by atoms with E-state index < -0.39 is 11.7 Å². The maximum Gasteiger partial charge on any atom is 0.416 e. The van der Waals surface area contributed by atoms with E-state index in [1.165, 1.54) is 12.1 Å². The fraction of sp³-hybridized carbons (Fsp3) is 0.462. The van der Waals surface area contributed by atoms with Crippen molar-refractivity contribution in [3.8, 4) is 0 Å². The molecule has 17 heavy (non-hydrogen) atoms. The molecule has 1 nitrogen and oxygen atoms in total. The third kappa shape index (κ3) is 2.35. The van der Waals surface area contributed by atoms with Gasteiger partial charge in [0.25, 0.3) is 0 Å². The highest BCUT2D eigenvalue weighted by Gasteiger charge is 2.50. The summed E-state index contributed by atoms with van der Waals surface area (Å²) in [6.45, 7) is 3.97. The molecule has 0 saturated heterocycles. The monoisotopic (exact) mass is 242 g/mol. The molecule has 0 aliphatic heterocycles. The second-order valence-electron chi connectivity index (χ2n) is 5.18. The molecule has 92 valence electrons. The van der Waals surface area contributed by atoms with E-state index in [4.69, 9.17) is 0 Å². The number of hydrogen-bond acceptors (Lipinski definition) is 1. The van der Waals surface area contributed by atoms with E-state index in [9.17, 15) is 18.0 Å². The molecule has 0 N–H and O–H groups in total. The number of halogens is 3. The first kappa shape index (κ1) is 12.1. The van der Waals surface area contributed by atoms with E-state index >= 15 is 0 Å². The zero-order chi connectivity index (χ0) is 12.8. The molecule has 0 spiro atoms. The Balaban J connectivity index is 2.17. The molecular weight excluding hydrogens is 229 g/mol. The third-order valence-corrected chi connectivity index (χ3v) is 3.33. The molecule has 0 amide bonds. The van der Waals surface area contributed by atoms with Gasteiger partial charge in [-0.3, -0.25) is 4.79 Å². The van der Waals surface area contributed by atoms with E-state index in [0.717, 1.165) is 18.6 Å². The molecule has 4 heteroatoms. The predicted octanol–water partition coefficient (Wildman–Crippen LogP) is 3.93. The van der Waals surface area contributed by atoms with Crippen LogP contribution in [0.2, 0.25) is 0 Å². The Kier molecular flexibility index (Phi) is 2.56. The molecule has 0 aromatic heterocycles. The molecule has 2 rings (SSSR count). The first-order valence-electron chi connectivity index (χ1n) is 5.43. The number of carbonyl (C=O) groups excluding carboxylic acids is 1. The molecule has 0 heterocycles. The van der Waals surface area contributed by atoms with Crippen molar-refractivity contribution in [3.63, 3.8) is 0 Å². The lowest BCUT2D eigenvalue weighted by Gasteiger charge is -2.07. The average Bonchev–Trinajstić information content (AvgIpc) is 2.86. The van der Waals surface area contributed by atoms with Crippen LogP contribution < -0.4 is 0 Å². The van der Waals surface area contributed by atoms with Crippen molar-refractivity contribution in [2.24, 2.45) is 11.3 Å². The standard InChI is InChI=1S/C13H13F3O/c1-12(2)7-10(12)11(17)8-3-5-9(6-4-8)13(14,15)16/h3-6,10H,7H2,1-2H3. The fourth-order valence-electron chi connectivity index (χ4n) is 1.94. The maximum atomic E-state index is 12.3. The summed E-state index contributed by atoms with van der Waals surface area (Å²) in [7, 11) is 0. The Morgan fingerprint density at radius 3 is 2.06 bits per heavy atom. The van der Waals surface area contributed by atoms with Gasteiger partial charge >= 0.3 is 6.18 Å². The molecular formula is C13H13F3O. The van der Waals surface area contributed by atoms with Crippen molar-refractivity contribution in [3.05, 3.63) is 35.4 Å². The molecule has 1 saturated carbocycles. The van der Waals surface area contributed by atoms with Crippen molar-refractivity contribution in [1.82, 2.24) is 0 Å². The normalized spacial score (nSPS) is 22.3.